The Labute approximate surface area is 171 Å². The number of anilines is 4. The van der Waals surface area contributed by atoms with Gasteiger partial charge in [-0.1, -0.05) is 6.07 Å². The van der Waals surface area contributed by atoms with E-state index in [2.05, 4.69) is 74.5 Å². The summed E-state index contributed by atoms with van der Waals surface area (Å²) in [6.45, 7) is 7.69. The van der Waals surface area contributed by atoms with Crippen LogP contribution in [0.4, 0.5) is 23.1 Å². The van der Waals surface area contributed by atoms with Crippen molar-refractivity contribution in [3.05, 3.63) is 59.8 Å². The first-order chi connectivity index (χ1) is 14.1. The van der Waals surface area contributed by atoms with Crippen LogP contribution in [0, 0.1) is 13.8 Å². The van der Waals surface area contributed by atoms with Gasteiger partial charge in [-0.15, -0.1) is 5.10 Å². The first-order valence-corrected chi connectivity index (χ1v) is 9.80. The smallest absolute Gasteiger partial charge is 0.247 e. The Morgan fingerprint density at radius 3 is 2.21 bits per heavy atom. The van der Waals surface area contributed by atoms with Crippen LogP contribution in [0.2, 0.25) is 0 Å². The highest BCUT2D eigenvalue weighted by Gasteiger charge is 2.20. The van der Waals surface area contributed by atoms with Crippen molar-refractivity contribution in [3.63, 3.8) is 0 Å². The largest absolute Gasteiger partial charge is 0.497 e. The lowest BCUT2D eigenvalue weighted by Crippen LogP contribution is -2.47. The molecule has 0 atom stereocenters. The second kappa shape index (κ2) is 8.34. The molecule has 0 saturated carbocycles. The van der Waals surface area contributed by atoms with Gasteiger partial charge in [0.1, 0.15) is 5.75 Å². The molecule has 1 aliphatic rings. The number of aryl methyl sites for hydroxylation is 2. The third-order valence-electron chi connectivity index (χ3n) is 5.04. The van der Waals surface area contributed by atoms with E-state index in [1.165, 1.54) is 16.8 Å². The average Bonchev–Trinajstić information content (AvgIpc) is 2.73. The van der Waals surface area contributed by atoms with Gasteiger partial charge in [0.25, 0.3) is 0 Å². The summed E-state index contributed by atoms with van der Waals surface area (Å²) in [6, 6.07) is 14.5. The van der Waals surface area contributed by atoms with Crippen LogP contribution >= 0.6 is 0 Å². The van der Waals surface area contributed by atoms with Gasteiger partial charge >= 0.3 is 0 Å². The molecule has 1 fully saturated rings. The molecule has 29 heavy (non-hydrogen) atoms. The SMILES string of the molecule is COc1ccc(N2CCN(c3nncc(Nc4cc(C)cc(C)c4)n3)CC2)cc1. The van der Waals surface area contributed by atoms with Gasteiger partial charge in [0.15, 0.2) is 5.82 Å². The third kappa shape index (κ3) is 4.56. The minimum absolute atomic E-state index is 0.661. The number of hydrogen-bond acceptors (Lipinski definition) is 7. The summed E-state index contributed by atoms with van der Waals surface area (Å²) in [5.74, 6) is 2.24. The summed E-state index contributed by atoms with van der Waals surface area (Å²) in [7, 11) is 1.69. The molecule has 7 nitrogen and oxygen atoms in total. The Morgan fingerprint density at radius 2 is 1.55 bits per heavy atom. The number of rotatable bonds is 5. The van der Waals surface area contributed by atoms with Crippen molar-refractivity contribution in [3.8, 4) is 5.75 Å². The average molecular weight is 390 g/mol. The van der Waals surface area contributed by atoms with Crippen LogP contribution in [0.5, 0.6) is 5.75 Å². The van der Waals surface area contributed by atoms with Gasteiger partial charge in [0, 0.05) is 37.6 Å². The summed E-state index contributed by atoms with van der Waals surface area (Å²) < 4.78 is 5.24. The first-order valence-electron chi connectivity index (χ1n) is 9.80. The molecule has 0 amide bonds. The maximum Gasteiger partial charge on any atom is 0.247 e. The molecule has 0 unspecified atom stereocenters. The molecule has 0 bridgehead atoms. The predicted octanol–water partition coefficient (Wildman–Crippen LogP) is 3.57. The minimum Gasteiger partial charge on any atom is -0.497 e. The summed E-state index contributed by atoms with van der Waals surface area (Å²) in [5.41, 5.74) is 4.64. The van der Waals surface area contributed by atoms with Crippen molar-refractivity contribution < 1.29 is 4.74 Å². The molecule has 0 spiro atoms. The van der Waals surface area contributed by atoms with E-state index in [0.29, 0.717) is 11.8 Å². The molecule has 1 aliphatic heterocycles. The van der Waals surface area contributed by atoms with Crippen LogP contribution in [0.15, 0.2) is 48.7 Å². The Balaban J connectivity index is 1.41. The van der Waals surface area contributed by atoms with E-state index >= 15 is 0 Å². The van der Waals surface area contributed by atoms with Crippen LogP contribution < -0.4 is 19.9 Å². The second-order valence-electron chi connectivity index (χ2n) is 7.32. The molecule has 3 aromatic rings. The van der Waals surface area contributed by atoms with Gasteiger partial charge in [0.05, 0.1) is 13.3 Å². The van der Waals surface area contributed by atoms with Gasteiger partial charge in [-0.3, -0.25) is 0 Å². The number of nitrogens with one attached hydrogen (secondary N) is 1. The molecule has 0 aliphatic carbocycles. The highest BCUT2D eigenvalue weighted by Crippen LogP contribution is 2.22. The van der Waals surface area contributed by atoms with E-state index in [1.54, 1.807) is 13.3 Å². The summed E-state index contributed by atoms with van der Waals surface area (Å²) in [6.07, 6.45) is 1.66. The maximum absolute atomic E-state index is 5.24. The first kappa shape index (κ1) is 19.0. The lowest BCUT2D eigenvalue weighted by molar-refractivity contribution is 0.415. The van der Waals surface area contributed by atoms with Crippen LogP contribution in [0.3, 0.4) is 0 Å². The Bertz CT molecular complexity index is 947. The van der Waals surface area contributed by atoms with E-state index in [4.69, 9.17) is 4.74 Å². The van der Waals surface area contributed by atoms with Crippen LogP contribution in [-0.2, 0) is 0 Å². The summed E-state index contributed by atoms with van der Waals surface area (Å²) in [5, 5.41) is 11.8. The highest BCUT2D eigenvalue weighted by molar-refractivity contribution is 5.58. The van der Waals surface area contributed by atoms with Crippen molar-refractivity contribution in [2.75, 3.05) is 48.4 Å². The minimum atomic E-state index is 0.661. The molecule has 4 rings (SSSR count). The number of piperazine rings is 1. The molecule has 0 radical (unpaired) electrons. The Morgan fingerprint density at radius 1 is 0.897 bits per heavy atom. The summed E-state index contributed by atoms with van der Waals surface area (Å²) >= 11 is 0. The van der Waals surface area contributed by atoms with Crippen molar-refractivity contribution in [1.29, 1.82) is 0 Å². The third-order valence-corrected chi connectivity index (χ3v) is 5.04. The zero-order chi connectivity index (χ0) is 20.2. The highest BCUT2D eigenvalue weighted by atomic mass is 16.5. The number of nitrogens with zero attached hydrogens (tertiary/aromatic N) is 5. The summed E-state index contributed by atoms with van der Waals surface area (Å²) in [4.78, 5) is 9.22. The van der Waals surface area contributed by atoms with Crippen LogP contribution in [-0.4, -0.2) is 48.5 Å². The number of benzene rings is 2. The standard InChI is InChI=1S/C22H26N6O/c1-16-12-17(2)14-18(13-16)24-21-15-23-26-22(25-21)28-10-8-27(9-11-28)19-4-6-20(29-3)7-5-19/h4-7,12-15H,8-11H2,1-3H3,(H,24,25,26). The normalized spacial score (nSPS) is 14.0. The molecule has 1 saturated heterocycles. The fourth-order valence-electron chi connectivity index (χ4n) is 3.64. The Hall–Kier alpha value is -3.35. The lowest BCUT2D eigenvalue weighted by Gasteiger charge is -2.36. The zero-order valence-corrected chi connectivity index (χ0v) is 17.1. The van der Waals surface area contributed by atoms with E-state index in [-0.39, 0.29) is 0 Å². The van der Waals surface area contributed by atoms with Gasteiger partial charge < -0.3 is 19.9 Å². The van der Waals surface area contributed by atoms with E-state index < -0.39 is 0 Å². The fraction of sp³-hybridized carbons (Fsp3) is 0.318. The molecule has 1 N–H and O–H groups in total. The molecule has 2 aromatic carbocycles. The van der Waals surface area contributed by atoms with Gasteiger partial charge in [-0.2, -0.15) is 10.1 Å². The van der Waals surface area contributed by atoms with E-state index in [0.717, 1.165) is 37.6 Å². The van der Waals surface area contributed by atoms with E-state index in [9.17, 15) is 0 Å². The number of hydrogen-bond donors (Lipinski definition) is 1. The molecule has 1 aromatic heterocycles. The van der Waals surface area contributed by atoms with Crippen LogP contribution in [0.25, 0.3) is 0 Å². The molecular weight excluding hydrogens is 364 g/mol. The van der Waals surface area contributed by atoms with Gasteiger partial charge in [-0.05, 0) is 61.4 Å². The zero-order valence-electron chi connectivity index (χ0n) is 17.1. The predicted molar refractivity (Wildman–Crippen MR) is 116 cm³/mol. The number of ether oxygens (including phenoxy) is 1. The van der Waals surface area contributed by atoms with E-state index in [1.807, 2.05) is 12.1 Å². The Kier molecular flexibility index (Phi) is 5.46. The quantitative estimate of drug-likeness (QED) is 0.714. The fourth-order valence-corrected chi connectivity index (χ4v) is 3.64. The van der Waals surface area contributed by atoms with Crippen molar-refractivity contribution in [2.24, 2.45) is 0 Å². The molecule has 2 heterocycles. The maximum atomic E-state index is 5.24. The molecule has 150 valence electrons. The topological polar surface area (TPSA) is 66.4 Å². The monoisotopic (exact) mass is 390 g/mol. The van der Waals surface area contributed by atoms with Gasteiger partial charge in [-0.25, -0.2) is 0 Å². The molecule has 7 heteroatoms. The number of methoxy groups -OCH3 is 1. The van der Waals surface area contributed by atoms with Crippen molar-refractivity contribution >= 4 is 23.1 Å². The van der Waals surface area contributed by atoms with Crippen LogP contribution in [0.1, 0.15) is 11.1 Å². The number of aromatic nitrogens is 3. The molecular formula is C22H26N6O. The lowest BCUT2D eigenvalue weighted by atomic mass is 10.1. The van der Waals surface area contributed by atoms with Crippen molar-refractivity contribution in [2.45, 2.75) is 13.8 Å². The second-order valence-corrected chi connectivity index (χ2v) is 7.32. The van der Waals surface area contributed by atoms with Gasteiger partial charge in [0.2, 0.25) is 5.95 Å². The van der Waals surface area contributed by atoms with Crippen molar-refractivity contribution in [1.82, 2.24) is 15.2 Å².